The second kappa shape index (κ2) is 6.62. The van der Waals surface area contributed by atoms with Crippen LogP contribution in [0.25, 0.3) is 11.0 Å². The third-order valence-corrected chi connectivity index (χ3v) is 3.72. The van der Waals surface area contributed by atoms with Crippen LogP contribution < -0.4 is 5.32 Å². The van der Waals surface area contributed by atoms with Gasteiger partial charge < -0.3 is 15.4 Å². The van der Waals surface area contributed by atoms with E-state index in [-0.39, 0.29) is 0 Å². The molecule has 21 heavy (non-hydrogen) atoms. The summed E-state index contributed by atoms with van der Waals surface area (Å²) in [6.45, 7) is 1.84. The molecule has 0 aliphatic heterocycles. The van der Waals surface area contributed by atoms with Crippen LogP contribution in [-0.2, 0) is 4.79 Å². The minimum atomic E-state index is -1.02. The van der Waals surface area contributed by atoms with Gasteiger partial charge in [-0.3, -0.25) is 4.79 Å². The lowest BCUT2D eigenvalue weighted by molar-refractivity contribution is -0.139. The summed E-state index contributed by atoms with van der Waals surface area (Å²) in [5.41, 5.74) is 1.96. The maximum Gasteiger partial charge on any atom is 0.326 e. The Morgan fingerprint density at radius 3 is 2.90 bits per heavy atom. The molecule has 112 valence electrons. The quantitative estimate of drug-likeness (QED) is 0.756. The Hall–Kier alpha value is -2.02. The van der Waals surface area contributed by atoms with Crippen molar-refractivity contribution in [2.45, 2.75) is 19.4 Å². The minimum Gasteiger partial charge on any atom is -0.480 e. The number of hydrogen-bond acceptors (Lipinski definition) is 4. The third kappa shape index (κ3) is 3.75. The highest BCUT2D eigenvalue weighted by Gasteiger charge is 2.20. The second-order valence-corrected chi connectivity index (χ2v) is 5.69. The predicted molar refractivity (Wildman–Crippen MR) is 82.7 cm³/mol. The number of imidazole rings is 1. The number of aryl methyl sites for hydroxylation is 1. The van der Waals surface area contributed by atoms with Crippen molar-refractivity contribution < 1.29 is 14.7 Å². The molecular formula is C14H17N3O3S. The first-order chi connectivity index (χ1) is 10.0. The molecule has 0 saturated heterocycles. The molecule has 1 aromatic heterocycles. The van der Waals surface area contributed by atoms with Gasteiger partial charge in [0.05, 0.1) is 11.0 Å². The van der Waals surface area contributed by atoms with Crippen molar-refractivity contribution in [1.29, 1.82) is 0 Å². The number of nitrogens with zero attached hydrogens (tertiary/aromatic N) is 1. The fourth-order valence-corrected chi connectivity index (χ4v) is 2.48. The maximum atomic E-state index is 12.2. The van der Waals surface area contributed by atoms with Crippen LogP contribution in [0.3, 0.4) is 0 Å². The molecule has 0 aliphatic carbocycles. The van der Waals surface area contributed by atoms with Gasteiger partial charge in [-0.25, -0.2) is 9.78 Å². The van der Waals surface area contributed by atoms with E-state index in [9.17, 15) is 9.59 Å². The van der Waals surface area contributed by atoms with Gasteiger partial charge in [0.2, 0.25) is 0 Å². The van der Waals surface area contributed by atoms with E-state index in [2.05, 4.69) is 15.3 Å². The van der Waals surface area contributed by atoms with Crippen molar-refractivity contribution in [3.8, 4) is 0 Å². The molecule has 7 heteroatoms. The van der Waals surface area contributed by atoms with Crippen LogP contribution >= 0.6 is 11.8 Å². The lowest BCUT2D eigenvalue weighted by Gasteiger charge is -2.13. The Balaban J connectivity index is 2.14. The van der Waals surface area contributed by atoms with Gasteiger partial charge in [-0.1, -0.05) is 0 Å². The Labute approximate surface area is 126 Å². The number of aromatic amines is 1. The number of amides is 1. The zero-order valence-corrected chi connectivity index (χ0v) is 12.7. The van der Waals surface area contributed by atoms with E-state index in [0.717, 1.165) is 16.9 Å². The van der Waals surface area contributed by atoms with E-state index in [0.29, 0.717) is 17.7 Å². The van der Waals surface area contributed by atoms with Crippen LogP contribution in [-0.4, -0.2) is 45.0 Å². The predicted octanol–water partition coefficient (Wildman–Crippen LogP) is 1.81. The SMILES string of the molecule is CSCC[C@H](NC(=O)c1ccc2nc(C)[nH]c2c1)C(=O)O. The van der Waals surface area contributed by atoms with Crippen LogP contribution in [0.15, 0.2) is 18.2 Å². The molecule has 1 aromatic carbocycles. The minimum absolute atomic E-state index is 0.391. The highest BCUT2D eigenvalue weighted by molar-refractivity contribution is 7.98. The average Bonchev–Trinajstić information content (AvgIpc) is 2.81. The van der Waals surface area contributed by atoms with Crippen LogP contribution in [0, 0.1) is 6.92 Å². The van der Waals surface area contributed by atoms with Crippen LogP contribution in [0.1, 0.15) is 22.6 Å². The topological polar surface area (TPSA) is 95.1 Å². The number of H-pyrrole nitrogens is 1. The molecule has 2 rings (SSSR count). The summed E-state index contributed by atoms with van der Waals surface area (Å²) in [7, 11) is 0. The number of carboxylic acid groups (broad SMARTS) is 1. The van der Waals surface area contributed by atoms with E-state index in [1.807, 2.05) is 13.2 Å². The van der Waals surface area contributed by atoms with Gasteiger partial charge in [0.1, 0.15) is 11.9 Å². The number of carboxylic acids is 1. The van der Waals surface area contributed by atoms with Crippen molar-refractivity contribution in [3.05, 3.63) is 29.6 Å². The first-order valence-electron chi connectivity index (χ1n) is 6.50. The normalized spacial score (nSPS) is 12.3. The highest BCUT2D eigenvalue weighted by Crippen LogP contribution is 2.14. The number of carbonyl (C=O) groups excluding carboxylic acids is 1. The van der Waals surface area contributed by atoms with E-state index < -0.39 is 17.9 Å². The monoisotopic (exact) mass is 307 g/mol. The average molecular weight is 307 g/mol. The van der Waals surface area contributed by atoms with Crippen molar-refractivity contribution in [2.24, 2.45) is 0 Å². The second-order valence-electron chi connectivity index (χ2n) is 4.70. The van der Waals surface area contributed by atoms with Crippen molar-refractivity contribution in [2.75, 3.05) is 12.0 Å². The molecule has 0 saturated carbocycles. The number of benzene rings is 1. The van der Waals surface area contributed by atoms with E-state index >= 15 is 0 Å². The van der Waals surface area contributed by atoms with Gasteiger partial charge in [-0.2, -0.15) is 11.8 Å². The number of carbonyl (C=O) groups is 2. The standard InChI is InChI=1S/C14H17N3O3S/c1-8-15-10-4-3-9(7-12(10)16-8)13(18)17-11(14(19)20)5-6-21-2/h3-4,7,11H,5-6H2,1-2H3,(H,15,16)(H,17,18)(H,19,20)/t11-/m0/s1. The van der Waals surface area contributed by atoms with E-state index in [1.54, 1.807) is 30.0 Å². The third-order valence-electron chi connectivity index (χ3n) is 3.08. The molecule has 0 unspecified atom stereocenters. The van der Waals surface area contributed by atoms with Crippen molar-refractivity contribution >= 4 is 34.7 Å². The summed E-state index contributed by atoms with van der Waals surface area (Å²) >= 11 is 1.55. The fraction of sp³-hybridized carbons (Fsp3) is 0.357. The van der Waals surface area contributed by atoms with Crippen molar-refractivity contribution in [3.63, 3.8) is 0 Å². The maximum absolute atomic E-state index is 12.2. The van der Waals surface area contributed by atoms with Crippen LogP contribution in [0.4, 0.5) is 0 Å². The van der Waals surface area contributed by atoms with Gasteiger partial charge in [0.25, 0.3) is 5.91 Å². The molecule has 1 heterocycles. The molecule has 0 bridgehead atoms. The summed E-state index contributed by atoms with van der Waals surface area (Å²) in [5, 5.41) is 11.7. The number of nitrogens with one attached hydrogen (secondary N) is 2. The summed E-state index contributed by atoms with van der Waals surface area (Å²) in [4.78, 5) is 30.6. The van der Waals surface area contributed by atoms with Gasteiger partial charge in [-0.15, -0.1) is 0 Å². The number of rotatable bonds is 6. The largest absolute Gasteiger partial charge is 0.480 e. The van der Waals surface area contributed by atoms with Gasteiger partial charge in [-0.05, 0) is 43.6 Å². The van der Waals surface area contributed by atoms with Crippen LogP contribution in [0.2, 0.25) is 0 Å². The zero-order chi connectivity index (χ0) is 15.4. The number of fused-ring (bicyclic) bond motifs is 1. The molecule has 3 N–H and O–H groups in total. The molecule has 2 aromatic rings. The molecule has 0 fully saturated rings. The number of aromatic nitrogens is 2. The summed E-state index contributed by atoms with van der Waals surface area (Å²) < 4.78 is 0. The Bertz CT molecular complexity index is 669. The van der Waals surface area contributed by atoms with E-state index in [4.69, 9.17) is 5.11 Å². The lowest BCUT2D eigenvalue weighted by Crippen LogP contribution is -2.41. The first-order valence-corrected chi connectivity index (χ1v) is 7.89. The molecular weight excluding hydrogens is 290 g/mol. The number of aliphatic carboxylic acids is 1. The summed E-state index contributed by atoms with van der Waals surface area (Å²) in [5.74, 6) is 0.0372. The molecule has 6 nitrogen and oxygen atoms in total. The molecule has 1 amide bonds. The lowest BCUT2D eigenvalue weighted by atomic mass is 10.1. The molecule has 1 atom stereocenters. The summed E-state index contributed by atoms with van der Waals surface area (Å²) in [6.07, 6.45) is 2.29. The first kappa shape index (κ1) is 15.4. The molecule has 0 radical (unpaired) electrons. The van der Waals surface area contributed by atoms with Crippen molar-refractivity contribution in [1.82, 2.24) is 15.3 Å². The Kier molecular flexibility index (Phi) is 4.85. The number of hydrogen-bond donors (Lipinski definition) is 3. The molecule has 0 aliphatic rings. The molecule has 0 spiro atoms. The van der Waals surface area contributed by atoms with Gasteiger partial charge >= 0.3 is 5.97 Å². The number of thioether (sulfide) groups is 1. The van der Waals surface area contributed by atoms with E-state index in [1.165, 1.54) is 0 Å². The zero-order valence-electron chi connectivity index (χ0n) is 11.8. The highest BCUT2D eigenvalue weighted by atomic mass is 32.2. The fourth-order valence-electron chi connectivity index (χ4n) is 2.01. The summed E-state index contributed by atoms with van der Waals surface area (Å²) in [6, 6.07) is 4.19. The Morgan fingerprint density at radius 1 is 1.48 bits per heavy atom. The Morgan fingerprint density at radius 2 is 2.24 bits per heavy atom. The van der Waals surface area contributed by atoms with Gasteiger partial charge in [0, 0.05) is 5.56 Å². The smallest absolute Gasteiger partial charge is 0.326 e. The van der Waals surface area contributed by atoms with Gasteiger partial charge in [0.15, 0.2) is 0 Å². The van der Waals surface area contributed by atoms with Crippen LogP contribution in [0.5, 0.6) is 0 Å².